The van der Waals surface area contributed by atoms with Gasteiger partial charge in [0.2, 0.25) is 0 Å². The molecule has 0 aromatic rings. The fourth-order valence-electron chi connectivity index (χ4n) is 6.01. The van der Waals surface area contributed by atoms with Gasteiger partial charge in [-0.3, -0.25) is 14.2 Å². The molecule has 404 valence electrons. The molecule has 0 unspecified atom stereocenters. The Hall–Kier alpha value is -2.95. The lowest BCUT2D eigenvalue weighted by atomic mass is 9.38. The summed E-state index contributed by atoms with van der Waals surface area (Å²) in [4.78, 5) is 0. The molecule has 0 aromatic carbocycles. The van der Waals surface area contributed by atoms with E-state index in [4.69, 9.17) is 15.3 Å². The fourth-order valence-corrected chi connectivity index (χ4v) is 6.01. The van der Waals surface area contributed by atoms with Gasteiger partial charge in [-0.05, 0) is 0 Å². The summed E-state index contributed by atoms with van der Waals surface area (Å²) < 4.78 is 544. The van der Waals surface area contributed by atoms with Crippen molar-refractivity contribution in [3.63, 3.8) is 0 Å². The first-order chi connectivity index (χ1) is 28.7. The van der Waals surface area contributed by atoms with E-state index < -0.39 is 131 Å². The number of ether oxygens (including phenoxy) is 6. The van der Waals surface area contributed by atoms with E-state index in [0.717, 1.165) is 28.4 Å². The monoisotopic (exact) mass is 1110 g/mol. The van der Waals surface area contributed by atoms with Gasteiger partial charge in [-0.1, -0.05) is 0 Å². The topological polar surface area (TPSA) is 116 Å². The molecule has 4 rings (SSSR count). The summed E-state index contributed by atoms with van der Waals surface area (Å²) in [7, 11) is 0. The van der Waals surface area contributed by atoms with Crippen molar-refractivity contribution in [1.82, 2.24) is 0 Å². The van der Waals surface area contributed by atoms with Gasteiger partial charge >= 0.3 is 115 Å². The molecule has 0 aliphatic heterocycles. The Kier molecular flexibility index (Phi) is 12.2. The fraction of sp³-hybridized carbons (Fsp3) is 1.00. The molecule has 4 fully saturated rings. The summed E-state index contributed by atoms with van der Waals surface area (Å²) in [5, 5.41) is 23.3. The quantitative estimate of drug-likeness (QED) is 0.116. The molecule has 4 saturated carbocycles. The zero-order valence-electron chi connectivity index (χ0n) is 28.8. The average Bonchev–Trinajstić information content (AvgIpc) is 3.02. The van der Waals surface area contributed by atoms with Gasteiger partial charge < -0.3 is 15.3 Å². The molecule has 0 spiro atoms. The highest BCUT2D eigenvalue weighted by Gasteiger charge is 3.24. The highest BCUT2D eigenvalue weighted by atomic mass is 19.4. The maximum Gasteiger partial charge on any atom is 0.453 e. The largest absolute Gasteiger partial charge is 0.453 e. The normalized spacial score (nSPS) is 31.1. The summed E-state index contributed by atoms with van der Waals surface area (Å²) in [5.41, 5.74) is -40.9. The van der Waals surface area contributed by atoms with Gasteiger partial charge in [-0.25, -0.2) is 18.6 Å². The second-order valence-corrected chi connectivity index (χ2v) is 13.0. The minimum Gasteiger partial charge on any atom is -0.329 e. The van der Waals surface area contributed by atoms with Gasteiger partial charge in [-0.2, -0.15) is 158 Å². The van der Waals surface area contributed by atoms with E-state index in [2.05, 4.69) is 0 Å². The third-order valence-corrected chi connectivity index (χ3v) is 8.96. The molecule has 0 saturated heterocycles. The van der Waals surface area contributed by atoms with Crippen LogP contribution < -0.4 is 0 Å². The van der Waals surface area contributed by atoms with Crippen molar-refractivity contribution in [1.29, 1.82) is 0 Å². The van der Waals surface area contributed by atoms with E-state index in [-0.39, 0.29) is 0 Å². The third-order valence-electron chi connectivity index (χ3n) is 8.96. The highest BCUT2D eigenvalue weighted by Crippen LogP contribution is 2.90. The van der Waals surface area contributed by atoms with Gasteiger partial charge in [0.1, 0.15) is 0 Å². The zero-order chi connectivity index (χ0) is 55.2. The molecule has 46 heteroatoms. The van der Waals surface area contributed by atoms with Crippen molar-refractivity contribution in [3.8, 4) is 0 Å². The Labute approximate surface area is 339 Å². The standard InChI is InChI=1S/C22H3F37O9/c23-1-5(24,25)2(63-17(48,49)20(54,55)66-14(42,43)11(36,37)60)8(30,31)3(6(1,26)27,64-18(50,51)21(56,57)67-15(44,45)12(38,39)61)10(34,35)4(7(1,28)29,9(2,32)33)65-19(52,53)22(58,59)68-16(46,47)13(40,41)62/h60-62H. The molecule has 4 bridgehead atoms. The first-order valence-electron chi connectivity index (χ1n) is 14.6. The van der Waals surface area contributed by atoms with E-state index in [0.29, 0.717) is 0 Å². The molecule has 3 N–H and O–H groups in total. The number of halogens is 37. The Morgan fingerprint density at radius 2 is 0.368 bits per heavy atom. The lowest BCUT2D eigenvalue weighted by Gasteiger charge is -2.77. The molecule has 4 aliphatic carbocycles. The molecular formula is C22H3F37O9. The molecule has 68 heavy (non-hydrogen) atoms. The van der Waals surface area contributed by atoms with Gasteiger partial charge in [0.25, 0.3) is 16.8 Å². The number of aliphatic hydroxyl groups is 3. The van der Waals surface area contributed by atoms with Gasteiger partial charge in [-0.15, -0.1) is 0 Å². The maximum absolute atomic E-state index is 16.2. The summed E-state index contributed by atoms with van der Waals surface area (Å²) in [6, 6.07) is 0. The molecule has 0 aromatic heterocycles. The van der Waals surface area contributed by atoms with Gasteiger partial charge in [0, 0.05) is 0 Å². The van der Waals surface area contributed by atoms with Crippen LogP contribution in [0.15, 0.2) is 0 Å². The zero-order valence-corrected chi connectivity index (χ0v) is 28.8. The predicted octanol–water partition coefficient (Wildman–Crippen LogP) is 8.95. The van der Waals surface area contributed by atoms with Crippen LogP contribution in [0.2, 0.25) is 0 Å². The Balaban J connectivity index is 2.82. The minimum absolute atomic E-state index is 1.02. The molecule has 9 nitrogen and oxygen atoms in total. The molecule has 4 aliphatic rings. The van der Waals surface area contributed by atoms with Crippen LogP contribution in [0, 0.1) is 0 Å². The van der Waals surface area contributed by atoms with Crippen molar-refractivity contribution in [2.75, 3.05) is 0 Å². The Morgan fingerprint density at radius 3 is 0.500 bits per heavy atom. The van der Waals surface area contributed by atoms with Crippen LogP contribution >= 0.6 is 0 Å². The van der Waals surface area contributed by atoms with E-state index in [9.17, 15) is 105 Å². The Bertz CT molecular complexity index is 1730. The van der Waals surface area contributed by atoms with Crippen molar-refractivity contribution in [2.45, 2.75) is 131 Å². The number of alkyl halides is 37. The first-order valence-corrected chi connectivity index (χ1v) is 14.6. The third kappa shape index (κ3) is 6.38. The number of hydrogen-bond acceptors (Lipinski definition) is 9. The second-order valence-electron chi connectivity index (χ2n) is 13.0. The number of hydrogen-bond donors (Lipinski definition) is 3. The van der Waals surface area contributed by atoms with Crippen LogP contribution in [0.5, 0.6) is 0 Å². The van der Waals surface area contributed by atoms with Crippen LogP contribution in [0.25, 0.3) is 0 Å². The molecule has 0 amide bonds. The maximum atomic E-state index is 16.2. The summed E-state index contributed by atoms with van der Waals surface area (Å²) in [6.07, 6.45) is -103. The van der Waals surface area contributed by atoms with Crippen LogP contribution in [0.3, 0.4) is 0 Å². The van der Waals surface area contributed by atoms with Crippen LogP contribution in [0.1, 0.15) is 0 Å². The lowest BCUT2D eigenvalue weighted by Crippen LogP contribution is -3.12. The smallest absolute Gasteiger partial charge is 0.329 e. The van der Waals surface area contributed by atoms with Gasteiger partial charge in [0.15, 0.2) is 0 Å². The SMILES string of the molecule is OC(F)(F)C(F)(F)OC(F)(F)C(F)(F)OC12C(F)(F)C3(F)C(F)(F)C(OC(F)(F)C(F)(F)OC(F)(F)C(O)(F)F)(C1(F)F)C(F)(F)C(OC(F)(F)C(F)(F)OC(F)(F)C(O)(F)F)(C3(F)F)C2(F)F. The van der Waals surface area contributed by atoms with Crippen molar-refractivity contribution < 1.29 is 206 Å². The molecule has 0 atom stereocenters. The van der Waals surface area contributed by atoms with E-state index in [1.807, 2.05) is 0 Å². The van der Waals surface area contributed by atoms with Crippen LogP contribution in [-0.4, -0.2) is 147 Å². The molecule has 0 radical (unpaired) electrons. The average molecular weight is 1110 g/mol. The minimum atomic E-state index is -10.4. The number of rotatable bonds is 18. The summed E-state index contributed by atoms with van der Waals surface area (Å²) in [6.45, 7) is 0. The van der Waals surface area contributed by atoms with Crippen molar-refractivity contribution >= 4 is 0 Å². The van der Waals surface area contributed by atoms with E-state index in [1.54, 1.807) is 0 Å². The van der Waals surface area contributed by atoms with E-state index in [1.165, 1.54) is 0 Å². The van der Waals surface area contributed by atoms with Crippen LogP contribution in [0.4, 0.5) is 162 Å². The highest BCUT2D eigenvalue weighted by molar-refractivity contribution is 5.55. The van der Waals surface area contributed by atoms with Crippen molar-refractivity contribution in [2.24, 2.45) is 0 Å². The van der Waals surface area contributed by atoms with Gasteiger partial charge in [0.05, 0.1) is 0 Å². The Morgan fingerprint density at radius 1 is 0.221 bits per heavy atom. The molecule has 0 heterocycles. The lowest BCUT2D eigenvalue weighted by molar-refractivity contribution is -0.681. The predicted molar refractivity (Wildman–Crippen MR) is 114 cm³/mol. The molecular weight excluding hydrogens is 1110 g/mol. The second kappa shape index (κ2) is 14.0. The van der Waals surface area contributed by atoms with Crippen molar-refractivity contribution in [3.05, 3.63) is 0 Å². The van der Waals surface area contributed by atoms with Crippen LogP contribution in [-0.2, 0) is 28.4 Å². The first kappa shape index (κ1) is 59.4. The summed E-state index contributed by atoms with van der Waals surface area (Å²) >= 11 is 0. The summed E-state index contributed by atoms with van der Waals surface area (Å²) in [5.74, 6) is -61.4. The van der Waals surface area contributed by atoms with E-state index >= 15 is 57.1 Å².